The Hall–Kier alpha value is -3.25. The molecule has 46 heavy (non-hydrogen) atoms. The first-order valence-electron chi connectivity index (χ1n) is 16.2. The van der Waals surface area contributed by atoms with Crippen molar-refractivity contribution in [1.29, 1.82) is 0 Å². The normalized spacial score (nSPS) is 40.5. The zero-order valence-electron chi connectivity index (χ0n) is 28.1. The number of fused-ring (bicyclic) bond motifs is 1. The molecule has 2 saturated heterocycles. The molecule has 0 aromatic carbocycles. The van der Waals surface area contributed by atoms with Crippen LogP contribution in [0.2, 0.25) is 0 Å². The van der Waals surface area contributed by atoms with Crippen LogP contribution in [0, 0.1) is 11.3 Å². The van der Waals surface area contributed by atoms with Gasteiger partial charge in [0, 0.05) is 44.9 Å². The number of ether oxygens (including phenoxy) is 6. The zero-order chi connectivity index (χ0) is 34.2. The van der Waals surface area contributed by atoms with E-state index < -0.39 is 88.5 Å². The molecule has 1 spiro atoms. The Morgan fingerprint density at radius 1 is 0.935 bits per heavy atom. The van der Waals surface area contributed by atoms with Gasteiger partial charge >= 0.3 is 29.8 Å². The summed E-state index contributed by atoms with van der Waals surface area (Å²) in [6, 6.07) is 0. The summed E-state index contributed by atoms with van der Waals surface area (Å²) in [6.45, 7) is 12.1. The lowest BCUT2D eigenvalue weighted by atomic mass is 9.55. The van der Waals surface area contributed by atoms with Gasteiger partial charge in [-0.3, -0.25) is 19.2 Å². The van der Waals surface area contributed by atoms with Crippen molar-refractivity contribution in [2.75, 3.05) is 0 Å². The van der Waals surface area contributed by atoms with Crippen LogP contribution in [0.25, 0.3) is 0 Å². The molecule has 1 N–H and O–H groups in total. The molecule has 12 nitrogen and oxygen atoms in total. The van der Waals surface area contributed by atoms with Crippen molar-refractivity contribution in [3.8, 4) is 0 Å². The summed E-state index contributed by atoms with van der Waals surface area (Å²) in [7, 11) is 0. The fourth-order valence-electron chi connectivity index (χ4n) is 7.65. The lowest BCUT2D eigenvalue weighted by molar-refractivity contribution is -0.220. The SMILES string of the molecule is CCCCCCCC(=O)O[C@@H]1C[C@H](OC(C)=O)[C@@]2(C)C=C[C@@H](OC(C)=O)[C@@](C)(O)[C@@H]2[C@H](OC(C)=O)[C@]23O[C@@]2(C)C(=O)O[C@H]3/C=C\1C. The standard InChI is InChI=1S/C34H48O12/c1-9-10-11-12-13-14-27(38)44-23-18-25(42-21(4)36)31(6)16-15-24(41-20(3)35)32(7,40)28(31)29(43-22(5)37)34-26(17-19(23)2)45-30(39)33(34,8)46-34/h15-17,23-26,28-29,40H,9-14,18H2,1-8H3/b19-17-/t23-,24-,25+,26+,28-,29+,31-,32-,33+,34+/m1/s1. The van der Waals surface area contributed by atoms with Crippen LogP contribution in [0.1, 0.15) is 100 Å². The van der Waals surface area contributed by atoms with Crippen LogP contribution in [0.3, 0.4) is 0 Å². The van der Waals surface area contributed by atoms with Crippen LogP contribution in [0.15, 0.2) is 23.8 Å². The smallest absolute Gasteiger partial charge is 0.342 e. The number of esters is 5. The van der Waals surface area contributed by atoms with Gasteiger partial charge in [-0.2, -0.15) is 0 Å². The van der Waals surface area contributed by atoms with Gasteiger partial charge in [0.05, 0.1) is 0 Å². The first kappa shape index (κ1) is 35.6. The summed E-state index contributed by atoms with van der Waals surface area (Å²) in [5.41, 5.74) is -5.99. The average Bonchev–Trinajstić information content (AvgIpc) is 3.53. The number of rotatable bonds is 10. The van der Waals surface area contributed by atoms with E-state index >= 15 is 0 Å². The number of hydrogen-bond donors (Lipinski definition) is 1. The first-order chi connectivity index (χ1) is 21.4. The second-order valence-corrected chi connectivity index (χ2v) is 13.6. The summed E-state index contributed by atoms with van der Waals surface area (Å²) < 4.78 is 35.5. The third-order valence-corrected chi connectivity index (χ3v) is 10.1. The highest BCUT2D eigenvalue weighted by atomic mass is 16.7. The highest BCUT2D eigenvalue weighted by Crippen LogP contribution is 2.65. The molecule has 0 bridgehead atoms. The number of epoxide rings is 1. The van der Waals surface area contributed by atoms with Crippen LogP contribution in [-0.4, -0.2) is 82.3 Å². The van der Waals surface area contributed by atoms with E-state index in [4.69, 9.17) is 28.4 Å². The Bertz CT molecular complexity index is 1300. The van der Waals surface area contributed by atoms with Crippen LogP contribution in [0.5, 0.6) is 0 Å². The third kappa shape index (κ3) is 6.34. The summed E-state index contributed by atoms with van der Waals surface area (Å²) >= 11 is 0. The highest BCUT2D eigenvalue weighted by molar-refractivity contribution is 5.89. The number of unbranched alkanes of at least 4 members (excludes halogenated alkanes) is 4. The molecule has 0 unspecified atom stereocenters. The van der Waals surface area contributed by atoms with Gasteiger partial charge in [0.15, 0.2) is 17.3 Å². The lowest BCUT2D eigenvalue weighted by Gasteiger charge is -2.55. The van der Waals surface area contributed by atoms with Gasteiger partial charge in [-0.15, -0.1) is 0 Å². The summed E-state index contributed by atoms with van der Waals surface area (Å²) in [4.78, 5) is 63.9. The fourth-order valence-corrected chi connectivity index (χ4v) is 7.65. The molecular formula is C34H48O12. The molecule has 2 fully saturated rings. The molecule has 0 aromatic rings. The van der Waals surface area contributed by atoms with E-state index in [2.05, 4.69) is 6.92 Å². The maximum Gasteiger partial charge on any atom is 0.342 e. The summed E-state index contributed by atoms with van der Waals surface area (Å²) in [5.74, 6) is -4.35. The summed E-state index contributed by atoms with van der Waals surface area (Å²) in [6.07, 6.45) is 3.99. The molecule has 12 heteroatoms. The molecule has 2 aliphatic carbocycles. The van der Waals surface area contributed by atoms with Gasteiger partial charge in [0.25, 0.3) is 0 Å². The zero-order valence-corrected chi connectivity index (χ0v) is 28.1. The minimum Gasteiger partial charge on any atom is -0.461 e. The van der Waals surface area contributed by atoms with Crippen LogP contribution in [-0.2, 0) is 52.4 Å². The predicted octanol–water partition coefficient (Wildman–Crippen LogP) is 3.80. The Morgan fingerprint density at radius 3 is 2.15 bits per heavy atom. The molecule has 2 heterocycles. The van der Waals surface area contributed by atoms with Gasteiger partial charge in [-0.1, -0.05) is 45.6 Å². The second-order valence-electron chi connectivity index (χ2n) is 13.6. The lowest BCUT2D eigenvalue weighted by Crippen LogP contribution is -2.67. The van der Waals surface area contributed by atoms with Gasteiger partial charge in [0.1, 0.15) is 30.0 Å². The van der Waals surface area contributed by atoms with Crippen molar-refractivity contribution >= 4 is 29.8 Å². The number of carbonyl (C=O) groups is 5. The van der Waals surface area contributed by atoms with Crippen molar-refractivity contribution in [2.45, 2.75) is 148 Å². The average molecular weight is 649 g/mol. The van der Waals surface area contributed by atoms with Crippen molar-refractivity contribution in [3.63, 3.8) is 0 Å². The topological polar surface area (TPSA) is 164 Å². The number of hydrogen-bond acceptors (Lipinski definition) is 12. The van der Waals surface area contributed by atoms with Gasteiger partial charge < -0.3 is 33.5 Å². The van der Waals surface area contributed by atoms with E-state index in [0.29, 0.717) is 12.0 Å². The Morgan fingerprint density at radius 2 is 1.57 bits per heavy atom. The maximum absolute atomic E-state index is 13.3. The molecule has 0 radical (unpaired) electrons. The van der Waals surface area contributed by atoms with E-state index in [0.717, 1.165) is 25.7 Å². The quantitative estimate of drug-likeness (QED) is 0.120. The van der Waals surface area contributed by atoms with Gasteiger partial charge in [-0.25, -0.2) is 4.79 Å². The summed E-state index contributed by atoms with van der Waals surface area (Å²) in [5, 5.41) is 12.3. The molecule has 4 aliphatic rings. The van der Waals surface area contributed by atoms with Crippen LogP contribution >= 0.6 is 0 Å². The largest absolute Gasteiger partial charge is 0.461 e. The molecule has 2 aliphatic heterocycles. The van der Waals surface area contributed by atoms with Crippen molar-refractivity contribution in [1.82, 2.24) is 0 Å². The second kappa shape index (κ2) is 13.1. The van der Waals surface area contributed by atoms with Crippen LogP contribution < -0.4 is 0 Å². The number of carbonyl (C=O) groups excluding carboxylic acids is 5. The van der Waals surface area contributed by atoms with E-state index in [1.165, 1.54) is 40.7 Å². The molecule has 0 aromatic heterocycles. The molecular weight excluding hydrogens is 600 g/mol. The molecule has 10 atom stereocenters. The van der Waals surface area contributed by atoms with Crippen molar-refractivity contribution in [2.24, 2.45) is 11.3 Å². The highest BCUT2D eigenvalue weighted by Gasteiger charge is 2.87. The third-order valence-electron chi connectivity index (χ3n) is 10.1. The minimum atomic E-state index is -1.96. The Balaban J connectivity index is 1.89. The maximum atomic E-state index is 13.3. The monoisotopic (exact) mass is 648 g/mol. The molecule has 4 rings (SSSR count). The minimum absolute atomic E-state index is 0.0340. The number of aliphatic hydroxyl groups is 1. The van der Waals surface area contributed by atoms with Crippen molar-refractivity contribution < 1.29 is 57.5 Å². The van der Waals surface area contributed by atoms with Gasteiger partial charge in [-0.05, 0) is 44.9 Å². The first-order valence-corrected chi connectivity index (χ1v) is 16.2. The van der Waals surface area contributed by atoms with E-state index in [-0.39, 0.29) is 12.8 Å². The van der Waals surface area contributed by atoms with E-state index in [1.807, 2.05) is 0 Å². The fraction of sp³-hybridized carbons (Fsp3) is 0.735. The Kier molecular flexibility index (Phi) is 10.1. The van der Waals surface area contributed by atoms with E-state index in [9.17, 15) is 29.1 Å². The van der Waals surface area contributed by atoms with Crippen molar-refractivity contribution in [3.05, 3.63) is 23.8 Å². The van der Waals surface area contributed by atoms with E-state index in [1.54, 1.807) is 26.0 Å². The van der Waals surface area contributed by atoms with Crippen LogP contribution in [0.4, 0.5) is 0 Å². The molecule has 256 valence electrons. The molecule has 0 saturated carbocycles. The van der Waals surface area contributed by atoms with Gasteiger partial charge in [0.2, 0.25) is 0 Å². The Labute approximate surface area is 270 Å². The molecule has 0 amide bonds. The predicted molar refractivity (Wildman–Crippen MR) is 162 cm³/mol.